The van der Waals surface area contributed by atoms with E-state index in [0.29, 0.717) is 50.5 Å². The van der Waals surface area contributed by atoms with E-state index >= 15 is 0 Å². The van der Waals surface area contributed by atoms with Crippen LogP contribution in [0.2, 0.25) is 0 Å². The van der Waals surface area contributed by atoms with E-state index in [1.807, 2.05) is 24.3 Å². The lowest BCUT2D eigenvalue weighted by atomic mass is 9.96. The summed E-state index contributed by atoms with van der Waals surface area (Å²) in [4.78, 5) is 18.9. The Morgan fingerprint density at radius 1 is 1.06 bits per heavy atom. The number of primary amides is 1. The van der Waals surface area contributed by atoms with Gasteiger partial charge in [-0.2, -0.15) is 5.21 Å². The van der Waals surface area contributed by atoms with Gasteiger partial charge >= 0.3 is 6.03 Å². The van der Waals surface area contributed by atoms with Crippen molar-refractivity contribution in [3.8, 4) is 39.7 Å². The molecule has 0 saturated heterocycles. The highest BCUT2D eigenvalue weighted by Crippen LogP contribution is 2.41. The molecular weight excluding hydrogens is 448 g/mol. The smallest absolute Gasteiger partial charge is 0.312 e. The molecule has 0 aliphatic rings. The third kappa shape index (κ3) is 4.23. The standard InChI is InChI=1S/C23H20N10O2/c24-20(25)13-4-5-17-18(9-13)29-22(28-17)16-8-14(21-30-32-33-31-21)7-15(19(16)34)12-3-1-2-11(6-12)10-27-23(26)35/h1-9,34H,10H2,(H3,24,25)(H,28,29)(H3,26,27,35)(H,30,31,32,33). The van der Waals surface area contributed by atoms with Crippen molar-refractivity contribution in [2.45, 2.75) is 6.54 Å². The van der Waals surface area contributed by atoms with Crippen LogP contribution in [0.1, 0.15) is 11.1 Å². The second kappa shape index (κ2) is 8.59. The fourth-order valence-electron chi connectivity index (χ4n) is 3.79. The van der Waals surface area contributed by atoms with Gasteiger partial charge in [-0.15, -0.1) is 10.2 Å². The van der Waals surface area contributed by atoms with Crippen LogP contribution < -0.4 is 16.8 Å². The zero-order chi connectivity index (χ0) is 24.5. The van der Waals surface area contributed by atoms with Gasteiger partial charge in [-0.05, 0) is 52.7 Å². The monoisotopic (exact) mass is 468 g/mol. The van der Waals surface area contributed by atoms with Gasteiger partial charge in [0.15, 0.2) is 0 Å². The van der Waals surface area contributed by atoms with Gasteiger partial charge in [-0.25, -0.2) is 9.78 Å². The maximum Gasteiger partial charge on any atom is 0.312 e. The summed E-state index contributed by atoms with van der Waals surface area (Å²) >= 11 is 0. The van der Waals surface area contributed by atoms with Crippen LogP contribution in [0.5, 0.6) is 5.75 Å². The maximum absolute atomic E-state index is 11.3. The van der Waals surface area contributed by atoms with Crippen LogP contribution in [0.25, 0.3) is 44.9 Å². The minimum absolute atomic E-state index is 0.0110. The minimum Gasteiger partial charge on any atom is -0.507 e. The number of amidine groups is 1. The van der Waals surface area contributed by atoms with Gasteiger partial charge in [-0.1, -0.05) is 18.2 Å². The third-order valence-corrected chi connectivity index (χ3v) is 5.47. The zero-order valence-electron chi connectivity index (χ0n) is 18.2. The Labute approximate surface area is 197 Å². The van der Waals surface area contributed by atoms with Gasteiger partial charge in [0.25, 0.3) is 0 Å². The number of carbonyl (C=O) groups excluding carboxylic acids is 1. The van der Waals surface area contributed by atoms with Gasteiger partial charge in [0.2, 0.25) is 5.82 Å². The van der Waals surface area contributed by atoms with Crippen molar-refractivity contribution in [2.75, 3.05) is 0 Å². The molecule has 0 unspecified atom stereocenters. The number of urea groups is 1. The Kier molecular flexibility index (Phi) is 5.30. The molecule has 174 valence electrons. The summed E-state index contributed by atoms with van der Waals surface area (Å²) in [5.41, 5.74) is 15.7. The van der Waals surface area contributed by atoms with E-state index in [2.05, 4.69) is 35.9 Å². The number of phenolic OH excluding ortho intramolecular Hbond substituents is 1. The predicted molar refractivity (Wildman–Crippen MR) is 129 cm³/mol. The molecule has 0 aliphatic carbocycles. The lowest BCUT2D eigenvalue weighted by molar-refractivity contribution is 0.248. The molecule has 5 rings (SSSR count). The van der Waals surface area contributed by atoms with Crippen LogP contribution >= 0.6 is 0 Å². The van der Waals surface area contributed by atoms with Crippen molar-refractivity contribution in [3.63, 3.8) is 0 Å². The summed E-state index contributed by atoms with van der Waals surface area (Å²) in [5, 5.41) is 35.8. The number of aromatic hydroxyl groups is 1. The Bertz CT molecular complexity index is 1570. The van der Waals surface area contributed by atoms with Crippen molar-refractivity contribution >= 4 is 22.9 Å². The zero-order valence-corrected chi connectivity index (χ0v) is 18.2. The fraction of sp³-hybridized carbons (Fsp3) is 0.0435. The maximum atomic E-state index is 11.3. The Morgan fingerprint density at radius 3 is 2.63 bits per heavy atom. The van der Waals surface area contributed by atoms with Crippen molar-refractivity contribution in [3.05, 3.63) is 65.7 Å². The molecule has 2 amide bonds. The quantitative estimate of drug-likeness (QED) is 0.146. The fourth-order valence-corrected chi connectivity index (χ4v) is 3.79. The van der Waals surface area contributed by atoms with Crippen molar-refractivity contribution < 1.29 is 9.90 Å². The number of phenols is 1. The number of H-pyrrole nitrogens is 2. The number of nitrogens with zero attached hydrogens (tertiary/aromatic N) is 4. The van der Waals surface area contributed by atoms with Gasteiger partial charge in [-0.3, -0.25) is 5.41 Å². The van der Waals surface area contributed by atoms with Gasteiger partial charge in [0, 0.05) is 23.2 Å². The number of carbonyl (C=O) groups is 1. The average Bonchev–Trinajstić information content (AvgIpc) is 3.53. The molecule has 12 nitrogen and oxygen atoms in total. The van der Waals surface area contributed by atoms with E-state index in [4.69, 9.17) is 16.9 Å². The number of aromatic amines is 2. The van der Waals surface area contributed by atoms with E-state index in [1.54, 1.807) is 30.3 Å². The average molecular weight is 468 g/mol. The molecule has 2 heterocycles. The molecule has 5 aromatic rings. The number of nitrogens with two attached hydrogens (primary N) is 2. The van der Waals surface area contributed by atoms with E-state index in [0.717, 1.165) is 5.56 Å². The normalized spacial score (nSPS) is 11.0. The third-order valence-electron chi connectivity index (χ3n) is 5.47. The number of tetrazole rings is 1. The lowest BCUT2D eigenvalue weighted by Crippen LogP contribution is -2.28. The highest BCUT2D eigenvalue weighted by Gasteiger charge is 2.19. The number of fused-ring (bicyclic) bond motifs is 1. The molecule has 0 spiro atoms. The summed E-state index contributed by atoms with van der Waals surface area (Å²) in [6.07, 6.45) is 0. The second-order valence-corrected chi connectivity index (χ2v) is 7.80. The molecule has 0 bridgehead atoms. The molecule has 0 saturated carbocycles. The van der Waals surface area contributed by atoms with Crippen LogP contribution in [-0.4, -0.2) is 47.6 Å². The summed E-state index contributed by atoms with van der Waals surface area (Å²) in [5.74, 6) is 0.687. The number of benzene rings is 3. The Hall–Kier alpha value is -5.26. The van der Waals surface area contributed by atoms with E-state index in [1.165, 1.54) is 0 Å². The number of aromatic nitrogens is 6. The number of imidazole rings is 1. The van der Waals surface area contributed by atoms with Crippen LogP contribution in [0, 0.1) is 5.41 Å². The molecular formula is C23H20N10O2. The molecule has 0 atom stereocenters. The van der Waals surface area contributed by atoms with Crippen molar-refractivity contribution in [1.29, 1.82) is 5.41 Å². The number of nitrogen functional groups attached to an aromatic ring is 1. The Balaban J connectivity index is 1.67. The summed E-state index contributed by atoms with van der Waals surface area (Å²) in [6, 6.07) is 15.4. The van der Waals surface area contributed by atoms with Gasteiger partial charge in [0.05, 0.1) is 16.6 Å². The SMILES string of the molecule is N=C(N)c1ccc2nc(-c3cc(-c4nn[nH]n4)cc(-c4cccc(CNC(N)=O)c4)c3O)[nH]c2c1. The lowest BCUT2D eigenvalue weighted by Gasteiger charge is -2.12. The van der Waals surface area contributed by atoms with Crippen LogP contribution in [0.15, 0.2) is 54.6 Å². The second-order valence-electron chi connectivity index (χ2n) is 7.80. The van der Waals surface area contributed by atoms with E-state index in [-0.39, 0.29) is 18.1 Å². The van der Waals surface area contributed by atoms with Crippen LogP contribution in [0.4, 0.5) is 4.79 Å². The van der Waals surface area contributed by atoms with Crippen LogP contribution in [-0.2, 0) is 6.54 Å². The first kappa shape index (κ1) is 21.6. The largest absolute Gasteiger partial charge is 0.507 e. The predicted octanol–water partition coefficient (Wildman–Crippen LogP) is 2.23. The summed E-state index contributed by atoms with van der Waals surface area (Å²) < 4.78 is 0. The molecule has 0 fully saturated rings. The molecule has 0 aliphatic heterocycles. The van der Waals surface area contributed by atoms with Crippen molar-refractivity contribution in [2.24, 2.45) is 11.5 Å². The van der Waals surface area contributed by atoms with Crippen LogP contribution in [0.3, 0.4) is 0 Å². The molecule has 3 aromatic carbocycles. The van der Waals surface area contributed by atoms with Crippen molar-refractivity contribution in [1.82, 2.24) is 35.9 Å². The molecule has 2 aromatic heterocycles. The molecule has 0 radical (unpaired) electrons. The number of hydrogen-bond acceptors (Lipinski definition) is 7. The van der Waals surface area contributed by atoms with Gasteiger partial charge in [0.1, 0.15) is 17.4 Å². The molecule has 35 heavy (non-hydrogen) atoms. The summed E-state index contributed by atoms with van der Waals surface area (Å²) in [6.45, 7) is 0.239. The number of rotatable bonds is 6. The minimum atomic E-state index is -0.627. The van der Waals surface area contributed by atoms with E-state index < -0.39 is 6.03 Å². The van der Waals surface area contributed by atoms with E-state index in [9.17, 15) is 9.90 Å². The Morgan fingerprint density at radius 2 is 1.89 bits per heavy atom. The number of amides is 2. The summed E-state index contributed by atoms with van der Waals surface area (Å²) in [7, 11) is 0. The van der Waals surface area contributed by atoms with Gasteiger partial charge < -0.3 is 26.9 Å². The highest BCUT2D eigenvalue weighted by molar-refractivity contribution is 5.98. The number of nitrogens with one attached hydrogen (secondary N) is 4. The number of hydrogen-bond donors (Lipinski definition) is 7. The molecule has 12 heteroatoms. The first-order valence-electron chi connectivity index (χ1n) is 10.5. The highest BCUT2D eigenvalue weighted by atomic mass is 16.3. The molecule has 9 N–H and O–H groups in total. The first-order chi connectivity index (χ1) is 16.9. The topological polar surface area (TPSA) is 208 Å². The first-order valence-corrected chi connectivity index (χ1v) is 10.5.